The van der Waals surface area contributed by atoms with Crippen molar-refractivity contribution in [1.29, 1.82) is 0 Å². The summed E-state index contributed by atoms with van der Waals surface area (Å²) in [6, 6.07) is 10.3. The molecule has 1 N–H and O–H groups in total. The van der Waals surface area contributed by atoms with E-state index in [1.165, 1.54) is 5.56 Å². The molecule has 2 nitrogen and oxygen atoms in total. The first-order valence-electron chi connectivity index (χ1n) is 6.46. The Bertz CT molecular complexity index is 360. The maximum atomic E-state index is 11.1. The summed E-state index contributed by atoms with van der Waals surface area (Å²) < 4.78 is 0. The first kappa shape index (κ1) is 12.3. The van der Waals surface area contributed by atoms with E-state index in [0.29, 0.717) is 31.5 Å². The average Bonchev–Trinajstić information content (AvgIpc) is 2.35. The number of benzene rings is 1. The molecule has 17 heavy (non-hydrogen) atoms. The summed E-state index contributed by atoms with van der Waals surface area (Å²) in [4.78, 5) is 11.1. The number of ketones is 1. The van der Waals surface area contributed by atoms with Crippen molar-refractivity contribution in [3.05, 3.63) is 35.9 Å². The molecule has 0 spiro atoms. The smallest absolute Gasteiger partial charge is 0.133 e. The number of carbonyl (C=O) groups excluding carboxylic acids is 1. The topological polar surface area (TPSA) is 37.3 Å². The van der Waals surface area contributed by atoms with Crippen molar-refractivity contribution in [1.82, 2.24) is 0 Å². The van der Waals surface area contributed by atoms with Crippen molar-refractivity contribution in [2.45, 2.75) is 50.5 Å². The van der Waals surface area contributed by atoms with Crippen LogP contribution in [0.25, 0.3) is 0 Å². The highest BCUT2D eigenvalue weighted by Crippen LogP contribution is 2.30. The molecule has 0 atom stereocenters. The Labute approximate surface area is 103 Å². The maximum Gasteiger partial charge on any atom is 0.133 e. The first-order chi connectivity index (χ1) is 8.18. The van der Waals surface area contributed by atoms with E-state index < -0.39 is 5.60 Å². The van der Waals surface area contributed by atoms with Crippen molar-refractivity contribution in [2.24, 2.45) is 0 Å². The van der Waals surface area contributed by atoms with Gasteiger partial charge in [0.1, 0.15) is 5.78 Å². The maximum absolute atomic E-state index is 11.1. The first-order valence-corrected chi connectivity index (χ1v) is 6.46. The van der Waals surface area contributed by atoms with E-state index in [0.717, 1.165) is 19.3 Å². The van der Waals surface area contributed by atoms with Crippen molar-refractivity contribution < 1.29 is 9.90 Å². The van der Waals surface area contributed by atoms with Gasteiger partial charge in [0, 0.05) is 12.8 Å². The van der Waals surface area contributed by atoms with Crippen molar-refractivity contribution in [3.63, 3.8) is 0 Å². The molecular formula is C15H20O2. The monoisotopic (exact) mass is 232 g/mol. The number of hydrogen-bond donors (Lipinski definition) is 1. The molecule has 2 rings (SSSR count). The molecule has 0 saturated heterocycles. The van der Waals surface area contributed by atoms with Crippen LogP contribution in [0.3, 0.4) is 0 Å². The lowest BCUT2D eigenvalue weighted by atomic mass is 9.80. The molecule has 1 aromatic rings. The van der Waals surface area contributed by atoms with Gasteiger partial charge in [0.25, 0.3) is 0 Å². The molecule has 1 fully saturated rings. The van der Waals surface area contributed by atoms with Crippen molar-refractivity contribution in [2.75, 3.05) is 0 Å². The lowest BCUT2D eigenvalue weighted by molar-refractivity contribution is -0.125. The molecule has 0 heterocycles. The second-order valence-electron chi connectivity index (χ2n) is 5.10. The van der Waals surface area contributed by atoms with Crippen LogP contribution in [-0.4, -0.2) is 16.5 Å². The van der Waals surface area contributed by atoms with Gasteiger partial charge in [-0.25, -0.2) is 0 Å². The van der Waals surface area contributed by atoms with Gasteiger partial charge in [-0.3, -0.25) is 4.79 Å². The fourth-order valence-corrected chi connectivity index (χ4v) is 2.51. The van der Waals surface area contributed by atoms with Crippen molar-refractivity contribution >= 4 is 5.78 Å². The van der Waals surface area contributed by atoms with Gasteiger partial charge in [0.2, 0.25) is 0 Å². The Morgan fingerprint density at radius 1 is 1.12 bits per heavy atom. The molecule has 92 valence electrons. The van der Waals surface area contributed by atoms with Crippen LogP contribution in [0.4, 0.5) is 0 Å². The summed E-state index contributed by atoms with van der Waals surface area (Å²) in [7, 11) is 0. The Kier molecular flexibility index (Phi) is 3.95. The van der Waals surface area contributed by atoms with Gasteiger partial charge in [-0.15, -0.1) is 0 Å². The molecule has 0 bridgehead atoms. The summed E-state index contributed by atoms with van der Waals surface area (Å²) in [6.07, 6.45) is 5.24. The minimum Gasteiger partial charge on any atom is -0.390 e. The number of aryl methyl sites for hydroxylation is 1. The number of hydrogen-bond acceptors (Lipinski definition) is 2. The van der Waals surface area contributed by atoms with Crippen LogP contribution in [0.15, 0.2) is 30.3 Å². The van der Waals surface area contributed by atoms with Crippen molar-refractivity contribution in [3.8, 4) is 0 Å². The fraction of sp³-hybridized carbons (Fsp3) is 0.533. The zero-order valence-corrected chi connectivity index (χ0v) is 10.2. The van der Waals surface area contributed by atoms with E-state index in [1.54, 1.807) is 0 Å². The number of carbonyl (C=O) groups is 1. The Balaban J connectivity index is 1.76. The van der Waals surface area contributed by atoms with E-state index in [1.807, 2.05) is 18.2 Å². The Morgan fingerprint density at radius 2 is 1.76 bits per heavy atom. The summed E-state index contributed by atoms with van der Waals surface area (Å²) >= 11 is 0. The van der Waals surface area contributed by atoms with Crippen LogP contribution in [0.2, 0.25) is 0 Å². The van der Waals surface area contributed by atoms with Crippen LogP contribution >= 0.6 is 0 Å². The highest BCUT2D eigenvalue weighted by atomic mass is 16.3. The summed E-state index contributed by atoms with van der Waals surface area (Å²) in [5.74, 6) is 0.303. The molecule has 0 aliphatic heterocycles. The van der Waals surface area contributed by atoms with Gasteiger partial charge in [-0.05, 0) is 37.7 Å². The number of Topliss-reactive ketones (excluding diaryl/α,β-unsaturated/α-hetero) is 1. The van der Waals surface area contributed by atoms with E-state index in [-0.39, 0.29) is 0 Å². The van der Waals surface area contributed by atoms with Gasteiger partial charge in [-0.2, -0.15) is 0 Å². The SMILES string of the molecule is O=C1CCC(O)(CCCc2ccccc2)CC1. The van der Waals surface area contributed by atoms with Crippen LogP contribution < -0.4 is 0 Å². The largest absolute Gasteiger partial charge is 0.390 e. The zero-order chi connectivity index (χ0) is 12.1. The molecule has 0 aromatic heterocycles. The quantitative estimate of drug-likeness (QED) is 0.866. The minimum absolute atomic E-state index is 0.303. The minimum atomic E-state index is -0.581. The van der Waals surface area contributed by atoms with Crippen LogP contribution in [0.1, 0.15) is 44.1 Å². The number of rotatable bonds is 4. The zero-order valence-electron chi connectivity index (χ0n) is 10.2. The number of aliphatic hydroxyl groups is 1. The predicted molar refractivity (Wildman–Crippen MR) is 67.8 cm³/mol. The summed E-state index contributed by atoms with van der Waals surface area (Å²) in [5, 5.41) is 10.3. The van der Waals surface area contributed by atoms with Gasteiger partial charge >= 0.3 is 0 Å². The molecule has 1 aromatic carbocycles. The van der Waals surface area contributed by atoms with Crippen LogP contribution in [0, 0.1) is 0 Å². The molecule has 1 aliphatic carbocycles. The van der Waals surface area contributed by atoms with Gasteiger partial charge in [0.05, 0.1) is 5.60 Å². The summed E-state index contributed by atoms with van der Waals surface area (Å²) in [6.45, 7) is 0. The second-order valence-corrected chi connectivity index (χ2v) is 5.10. The highest BCUT2D eigenvalue weighted by Gasteiger charge is 2.31. The highest BCUT2D eigenvalue weighted by molar-refractivity contribution is 5.79. The third kappa shape index (κ3) is 3.67. The van der Waals surface area contributed by atoms with Crippen LogP contribution in [-0.2, 0) is 11.2 Å². The average molecular weight is 232 g/mol. The standard InChI is InChI=1S/C15H20O2/c16-14-8-11-15(17,12-9-14)10-4-7-13-5-2-1-3-6-13/h1-3,5-6,17H,4,7-12H2. The lowest BCUT2D eigenvalue weighted by Crippen LogP contribution is -2.34. The Hall–Kier alpha value is -1.15. The van der Waals surface area contributed by atoms with Gasteiger partial charge in [-0.1, -0.05) is 30.3 Å². The second kappa shape index (κ2) is 5.46. The van der Waals surface area contributed by atoms with Gasteiger partial charge < -0.3 is 5.11 Å². The molecule has 1 aliphatic rings. The van der Waals surface area contributed by atoms with E-state index in [2.05, 4.69) is 12.1 Å². The molecule has 0 radical (unpaired) electrons. The third-order valence-electron chi connectivity index (χ3n) is 3.69. The van der Waals surface area contributed by atoms with E-state index >= 15 is 0 Å². The van der Waals surface area contributed by atoms with Crippen LogP contribution in [0.5, 0.6) is 0 Å². The Morgan fingerprint density at radius 3 is 2.41 bits per heavy atom. The van der Waals surface area contributed by atoms with E-state index in [4.69, 9.17) is 0 Å². The normalized spacial score (nSPS) is 19.2. The lowest BCUT2D eigenvalue weighted by Gasteiger charge is -2.31. The molecule has 2 heteroatoms. The molecule has 1 saturated carbocycles. The molecular weight excluding hydrogens is 212 g/mol. The predicted octanol–water partition coefficient (Wildman–Crippen LogP) is 2.88. The summed E-state index contributed by atoms with van der Waals surface area (Å²) in [5.41, 5.74) is 0.742. The third-order valence-corrected chi connectivity index (χ3v) is 3.69. The molecule has 0 amide bonds. The van der Waals surface area contributed by atoms with E-state index in [9.17, 15) is 9.90 Å². The van der Waals surface area contributed by atoms with Gasteiger partial charge in [0.15, 0.2) is 0 Å². The molecule has 0 unspecified atom stereocenters. The fourth-order valence-electron chi connectivity index (χ4n) is 2.51.